The third-order valence-electron chi connectivity index (χ3n) is 3.15. The van der Waals surface area contributed by atoms with Gasteiger partial charge in [0, 0.05) is 38.1 Å². The van der Waals surface area contributed by atoms with Crippen LogP contribution in [0, 0.1) is 6.92 Å². The maximum atomic E-state index is 6.17. The highest BCUT2D eigenvalue weighted by molar-refractivity contribution is 6.30. The minimum Gasteiger partial charge on any atom is -0.337 e. The summed E-state index contributed by atoms with van der Waals surface area (Å²) in [7, 11) is 1.87. The van der Waals surface area contributed by atoms with Crippen LogP contribution in [-0.4, -0.2) is 25.9 Å². The van der Waals surface area contributed by atoms with Gasteiger partial charge >= 0.3 is 0 Å². The first kappa shape index (κ1) is 14.1. The molecule has 2 rings (SSSR count). The Labute approximate surface area is 118 Å². The van der Waals surface area contributed by atoms with Crippen molar-refractivity contribution >= 4 is 11.6 Å². The van der Waals surface area contributed by atoms with Crippen molar-refractivity contribution in [3.8, 4) is 0 Å². The van der Waals surface area contributed by atoms with E-state index in [0.717, 1.165) is 48.9 Å². The summed E-state index contributed by atoms with van der Waals surface area (Å²) in [5.41, 5.74) is 2.09. The number of nitrogens with zero attached hydrogens (tertiary/aromatic N) is 4. The number of unbranched alkanes of at least 4 members (excludes halogenated alkanes) is 1. The molecule has 0 aliphatic heterocycles. The molecule has 1 N–H and O–H groups in total. The normalized spacial score (nSPS) is 11.1. The quantitative estimate of drug-likeness (QED) is 0.791. The van der Waals surface area contributed by atoms with Gasteiger partial charge in [-0.1, -0.05) is 11.6 Å². The smallest absolute Gasteiger partial charge is 0.131 e. The van der Waals surface area contributed by atoms with Crippen LogP contribution in [0.15, 0.2) is 18.7 Å². The van der Waals surface area contributed by atoms with E-state index < -0.39 is 0 Å². The second-order valence-corrected chi connectivity index (χ2v) is 5.02. The Morgan fingerprint density at radius 1 is 1.37 bits per heavy atom. The summed E-state index contributed by atoms with van der Waals surface area (Å²) < 4.78 is 3.81. The molecule has 0 radical (unpaired) electrons. The van der Waals surface area contributed by atoms with Gasteiger partial charge in [0.2, 0.25) is 0 Å². The lowest BCUT2D eigenvalue weighted by Gasteiger charge is -2.05. The van der Waals surface area contributed by atoms with Crippen LogP contribution in [0.1, 0.15) is 24.1 Å². The molecule has 2 aromatic heterocycles. The van der Waals surface area contributed by atoms with Crippen LogP contribution in [0.25, 0.3) is 0 Å². The van der Waals surface area contributed by atoms with Gasteiger partial charge in [0.15, 0.2) is 0 Å². The summed E-state index contributed by atoms with van der Waals surface area (Å²) in [5, 5.41) is 8.43. The molecular weight excluding hydrogens is 262 g/mol. The highest BCUT2D eigenvalue weighted by Gasteiger charge is 2.09. The summed E-state index contributed by atoms with van der Waals surface area (Å²) >= 11 is 6.17. The van der Waals surface area contributed by atoms with Crippen LogP contribution < -0.4 is 5.32 Å². The van der Waals surface area contributed by atoms with Gasteiger partial charge in [-0.05, 0) is 26.3 Å². The van der Waals surface area contributed by atoms with Crippen molar-refractivity contribution in [3.63, 3.8) is 0 Å². The Morgan fingerprint density at radius 3 is 2.84 bits per heavy atom. The molecule has 6 heteroatoms. The zero-order chi connectivity index (χ0) is 13.7. The number of hydrogen-bond acceptors (Lipinski definition) is 3. The molecule has 0 saturated carbocycles. The first-order valence-electron chi connectivity index (χ1n) is 6.53. The molecule has 2 aromatic rings. The molecule has 0 spiro atoms. The van der Waals surface area contributed by atoms with Gasteiger partial charge in [-0.3, -0.25) is 4.68 Å². The molecule has 0 fully saturated rings. The molecule has 104 valence electrons. The van der Waals surface area contributed by atoms with Crippen molar-refractivity contribution in [1.29, 1.82) is 0 Å². The van der Waals surface area contributed by atoms with Crippen LogP contribution >= 0.6 is 11.6 Å². The number of aryl methyl sites for hydroxylation is 3. The number of hydrogen-bond donors (Lipinski definition) is 1. The maximum absolute atomic E-state index is 6.17. The Bertz CT molecular complexity index is 503. The molecular formula is C13H20ClN5. The molecule has 5 nitrogen and oxygen atoms in total. The minimum absolute atomic E-state index is 0.725. The molecule has 0 amide bonds. The number of halogens is 1. The zero-order valence-electron chi connectivity index (χ0n) is 11.4. The highest BCUT2D eigenvalue weighted by Crippen LogP contribution is 2.17. The van der Waals surface area contributed by atoms with Crippen molar-refractivity contribution < 1.29 is 0 Å². The van der Waals surface area contributed by atoms with Crippen molar-refractivity contribution in [1.82, 2.24) is 24.6 Å². The monoisotopic (exact) mass is 281 g/mol. The second-order valence-electron chi connectivity index (χ2n) is 4.66. The van der Waals surface area contributed by atoms with E-state index in [-0.39, 0.29) is 0 Å². The predicted molar refractivity (Wildman–Crippen MR) is 76.1 cm³/mol. The fourth-order valence-electron chi connectivity index (χ4n) is 2.05. The first-order valence-corrected chi connectivity index (χ1v) is 6.90. The van der Waals surface area contributed by atoms with E-state index in [1.54, 1.807) is 4.68 Å². The minimum atomic E-state index is 0.725. The van der Waals surface area contributed by atoms with Crippen LogP contribution in [0.3, 0.4) is 0 Å². The lowest BCUT2D eigenvalue weighted by atomic mass is 10.2. The highest BCUT2D eigenvalue weighted by atomic mass is 35.5. The average molecular weight is 282 g/mol. The number of rotatable bonds is 7. The summed E-state index contributed by atoms with van der Waals surface area (Å²) in [6, 6.07) is 0. The van der Waals surface area contributed by atoms with E-state index in [1.807, 2.05) is 32.7 Å². The topological polar surface area (TPSA) is 47.7 Å². The van der Waals surface area contributed by atoms with E-state index in [1.165, 1.54) is 0 Å². The summed E-state index contributed by atoms with van der Waals surface area (Å²) in [6.45, 7) is 4.78. The maximum Gasteiger partial charge on any atom is 0.131 e. The first-order chi connectivity index (χ1) is 9.18. The van der Waals surface area contributed by atoms with Crippen LogP contribution in [0.2, 0.25) is 5.15 Å². The molecule has 0 aliphatic carbocycles. The van der Waals surface area contributed by atoms with Crippen molar-refractivity contribution in [3.05, 3.63) is 35.1 Å². The largest absolute Gasteiger partial charge is 0.337 e. The lowest BCUT2D eigenvalue weighted by Crippen LogP contribution is -2.15. The van der Waals surface area contributed by atoms with Crippen LogP contribution in [0.4, 0.5) is 0 Å². The molecule has 0 bridgehead atoms. The van der Waals surface area contributed by atoms with Gasteiger partial charge in [-0.25, -0.2) is 4.98 Å². The third-order valence-corrected chi connectivity index (χ3v) is 3.62. The van der Waals surface area contributed by atoms with Crippen molar-refractivity contribution in [2.45, 2.75) is 32.9 Å². The van der Waals surface area contributed by atoms with Gasteiger partial charge in [0.05, 0.1) is 12.0 Å². The van der Waals surface area contributed by atoms with Gasteiger partial charge in [-0.2, -0.15) is 5.10 Å². The number of nitrogens with one attached hydrogen (secondary N) is 1. The Kier molecular flexibility index (Phi) is 4.99. The van der Waals surface area contributed by atoms with E-state index >= 15 is 0 Å². The van der Waals surface area contributed by atoms with Crippen LogP contribution in [-0.2, 0) is 20.1 Å². The van der Waals surface area contributed by atoms with Gasteiger partial charge in [0.1, 0.15) is 5.15 Å². The van der Waals surface area contributed by atoms with E-state index in [4.69, 9.17) is 11.6 Å². The summed E-state index contributed by atoms with van der Waals surface area (Å²) in [6.07, 6.45) is 7.93. The van der Waals surface area contributed by atoms with Gasteiger partial charge in [0.25, 0.3) is 0 Å². The summed E-state index contributed by atoms with van der Waals surface area (Å²) in [5.74, 6) is 0. The van der Waals surface area contributed by atoms with E-state index in [9.17, 15) is 0 Å². The van der Waals surface area contributed by atoms with E-state index in [0.29, 0.717) is 0 Å². The van der Waals surface area contributed by atoms with Gasteiger partial charge in [-0.15, -0.1) is 0 Å². The fourth-order valence-corrected chi connectivity index (χ4v) is 2.29. The zero-order valence-corrected chi connectivity index (χ0v) is 12.2. The molecule has 0 aromatic carbocycles. The average Bonchev–Trinajstić information content (AvgIpc) is 2.97. The van der Waals surface area contributed by atoms with Crippen LogP contribution in [0.5, 0.6) is 0 Å². The SMILES string of the molecule is Cc1nn(C)c(Cl)c1CNCCCCn1ccnc1. The number of aromatic nitrogens is 4. The third kappa shape index (κ3) is 3.81. The Balaban J connectivity index is 1.64. The number of imidazole rings is 1. The van der Waals surface area contributed by atoms with Crippen molar-refractivity contribution in [2.24, 2.45) is 7.05 Å². The molecule has 0 saturated heterocycles. The molecule has 0 atom stereocenters. The van der Waals surface area contributed by atoms with Gasteiger partial charge < -0.3 is 9.88 Å². The van der Waals surface area contributed by atoms with E-state index in [2.05, 4.69) is 20.0 Å². The Hall–Kier alpha value is -1.33. The molecule has 2 heterocycles. The predicted octanol–water partition coefficient (Wildman–Crippen LogP) is 2.15. The molecule has 0 unspecified atom stereocenters. The standard InChI is InChI=1S/C13H20ClN5/c1-11-12(13(14)18(2)17-11)9-15-5-3-4-7-19-8-6-16-10-19/h6,8,10,15H,3-5,7,9H2,1-2H3. The molecule has 19 heavy (non-hydrogen) atoms. The second kappa shape index (κ2) is 6.73. The van der Waals surface area contributed by atoms with Crippen molar-refractivity contribution in [2.75, 3.05) is 6.54 Å². The Morgan fingerprint density at radius 2 is 2.21 bits per heavy atom. The lowest BCUT2D eigenvalue weighted by molar-refractivity contribution is 0.567. The summed E-state index contributed by atoms with van der Waals surface area (Å²) in [4.78, 5) is 4.02. The molecule has 0 aliphatic rings. The fraction of sp³-hybridized carbons (Fsp3) is 0.538.